The molecule has 2 aliphatic rings. The third-order valence-corrected chi connectivity index (χ3v) is 6.15. The molecule has 1 unspecified atom stereocenters. The summed E-state index contributed by atoms with van der Waals surface area (Å²) in [4.78, 5) is 28.1. The van der Waals surface area contributed by atoms with Crippen molar-refractivity contribution < 1.29 is 28.9 Å². The second-order valence-electron chi connectivity index (χ2n) is 9.35. The van der Waals surface area contributed by atoms with Gasteiger partial charge in [0.2, 0.25) is 6.79 Å². The molecule has 0 spiro atoms. The highest BCUT2D eigenvalue weighted by atomic mass is 16.7. The molecule has 2 heterocycles. The van der Waals surface area contributed by atoms with Crippen molar-refractivity contribution in [1.82, 2.24) is 0 Å². The number of benzene rings is 3. The molecule has 1 amide bonds. The molecule has 2 aliphatic heterocycles. The number of rotatable bonds is 6. The summed E-state index contributed by atoms with van der Waals surface area (Å²) in [5.41, 5.74) is 2.61. The number of anilines is 1. The SMILES string of the molecule is Cc1cccc(C2/C(=C(\O)c3ccc(OCC(C)C)cc3)C(=O)C(=O)N2c2ccc3c(c2)OCO3)c1. The maximum absolute atomic E-state index is 13.4. The van der Waals surface area contributed by atoms with Crippen LogP contribution in [-0.4, -0.2) is 30.2 Å². The van der Waals surface area contributed by atoms with Crippen LogP contribution in [0.5, 0.6) is 17.2 Å². The molecule has 0 bridgehead atoms. The van der Waals surface area contributed by atoms with E-state index in [1.807, 2.05) is 31.2 Å². The Morgan fingerprint density at radius 2 is 1.78 bits per heavy atom. The minimum Gasteiger partial charge on any atom is -0.507 e. The van der Waals surface area contributed by atoms with Crippen LogP contribution in [0.25, 0.3) is 5.76 Å². The van der Waals surface area contributed by atoms with Gasteiger partial charge in [-0.1, -0.05) is 43.7 Å². The average Bonchev–Trinajstić information content (AvgIpc) is 3.44. The zero-order valence-corrected chi connectivity index (χ0v) is 20.4. The lowest BCUT2D eigenvalue weighted by atomic mass is 9.94. The zero-order chi connectivity index (χ0) is 25.4. The monoisotopic (exact) mass is 485 g/mol. The molecule has 1 saturated heterocycles. The number of ketones is 1. The first-order valence-corrected chi connectivity index (χ1v) is 11.8. The predicted molar refractivity (Wildman–Crippen MR) is 135 cm³/mol. The molecule has 0 radical (unpaired) electrons. The number of aliphatic hydroxyl groups is 1. The van der Waals surface area contributed by atoms with Crippen molar-refractivity contribution >= 4 is 23.1 Å². The first-order valence-electron chi connectivity index (χ1n) is 11.8. The Morgan fingerprint density at radius 3 is 2.50 bits per heavy atom. The molecule has 0 saturated carbocycles. The molecule has 0 aliphatic carbocycles. The van der Waals surface area contributed by atoms with Gasteiger partial charge in [-0.05, 0) is 54.8 Å². The van der Waals surface area contributed by atoms with Gasteiger partial charge >= 0.3 is 0 Å². The number of carbonyl (C=O) groups is 2. The van der Waals surface area contributed by atoms with Gasteiger partial charge in [0.1, 0.15) is 11.5 Å². The van der Waals surface area contributed by atoms with Crippen LogP contribution >= 0.6 is 0 Å². The number of hydrogen-bond acceptors (Lipinski definition) is 6. The fourth-order valence-corrected chi connectivity index (χ4v) is 4.42. The minimum atomic E-state index is -0.817. The van der Waals surface area contributed by atoms with E-state index in [9.17, 15) is 14.7 Å². The summed E-state index contributed by atoms with van der Waals surface area (Å²) in [7, 11) is 0. The molecule has 7 heteroatoms. The van der Waals surface area contributed by atoms with Crippen LogP contribution in [0.4, 0.5) is 5.69 Å². The van der Waals surface area contributed by atoms with Crippen molar-refractivity contribution in [3.05, 3.63) is 89.0 Å². The van der Waals surface area contributed by atoms with Crippen LogP contribution in [0.15, 0.2) is 72.3 Å². The molecule has 1 atom stereocenters. The number of aliphatic hydroxyl groups excluding tert-OH is 1. The van der Waals surface area contributed by atoms with Gasteiger partial charge in [0.25, 0.3) is 11.7 Å². The predicted octanol–water partition coefficient (Wildman–Crippen LogP) is 5.38. The van der Waals surface area contributed by atoms with E-state index in [0.717, 1.165) is 5.56 Å². The Bertz CT molecular complexity index is 1360. The van der Waals surface area contributed by atoms with Crippen molar-refractivity contribution in [2.45, 2.75) is 26.8 Å². The molecule has 0 aromatic heterocycles. The summed E-state index contributed by atoms with van der Waals surface area (Å²) in [6, 6.07) is 18.7. The fourth-order valence-electron chi connectivity index (χ4n) is 4.42. The molecular formula is C29H27NO6. The standard InChI is InChI=1S/C29H27NO6/c1-17(2)15-34-22-10-7-19(8-11-22)27(31)25-26(20-6-4-5-18(3)13-20)30(29(33)28(25)32)21-9-12-23-24(14-21)36-16-35-23/h4-14,17,26,31H,15-16H2,1-3H3/b27-25+. The smallest absolute Gasteiger partial charge is 0.300 e. The zero-order valence-electron chi connectivity index (χ0n) is 20.4. The Hall–Kier alpha value is -4.26. The van der Waals surface area contributed by atoms with Gasteiger partial charge in [0.15, 0.2) is 11.5 Å². The van der Waals surface area contributed by atoms with E-state index in [1.165, 1.54) is 4.90 Å². The Kier molecular flexibility index (Phi) is 6.14. The number of hydrogen-bond donors (Lipinski definition) is 1. The largest absolute Gasteiger partial charge is 0.507 e. The lowest BCUT2D eigenvalue weighted by molar-refractivity contribution is -0.132. The topological polar surface area (TPSA) is 85.3 Å². The molecule has 7 nitrogen and oxygen atoms in total. The third kappa shape index (κ3) is 4.28. The molecule has 1 N–H and O–H groups in total. The quantitative estimate of drug-likeness (QED) is 0.286. The van der Waals surface area contributed by atoms with Crippen molar-refractivity contribution in [2.24, 2.45) is 5.92 Å². The number of ether oxygens (including phenoxy) is 3. The van der Waals surface area contributed by atoms with Crippen LogP contribution in [0, 0.1) is 12.8 Å². The summed E-state index contributed by atoms with van der Waals surface area (Å²) in [6.45, 7) is 6.72. The highest BCUT2D eigenvalue weighted by molar-refractivity contribution is 6.51. The number of fused-ring (bicyclic) bond motifs is 1. The van der Waals surface area contributed by atoms with Gasteiger partial charge in [-0.15, -0.1) is 0 Å². The van der Waals surface area contributed by atoms with Crippen molar-refractivity contribution in [3.8, 4) is 17.2 Å². The number of amides is 1. The second-order valence-corrected chi connectivity index (χ2v) is 9.35. The molecular weight excluding hydrogens is 458 g/mol. The van der Waals surface area contributed by atoms with Crippen molar-refractivity contribution in [3.63, 3.8) is 0 Å². The highest BCUT2D eigenvalue weighted by Crippen LogP contribution is 2.45. The molecule has 3 aromatic carbocycles. The van der Waals surface area contributed by atoms with Crippen LogP contribution in [0.1, 0.15) is 36.6 Å². The maximum atomic E-state index is 13.4. The number of aryl methyl sites for hydroxylation is 1. The molecule has 184 valence electrons. The van der Waals surface area contributed by atoms with Crippen molar-refractivity contribution in [1.29, 1.82) is 0 Å². The maximum Gasteiger partial charge on any atom is 0.300 e. The van der Waals surface area contributed by atoms with E-state index in [2.05, 4.69) is 13.8 Å². The Balaban J connectivity index is 1.60. The Morgan fingerprint density at radius 1 is 1.03 bits per heavy atom. The van der Waals surface area contributed by atoms with Gasteiger partial charge in [-0.3, -0.25) is 14.5 Å². The third-order valence-electron chi connectivity index (χ3n) is 6.15. The Labute approximate surface area is 209 Å². The highest BCUT2D eigenvalue weighted by Gasteiger charge is 2.47. The lowest BCUT2D eigenvalue weighted by Gasteiger charge is -2.26. The van der Waals surface area contributed by atoms with E-state index in [-0.39, 0.29) is 18.1 Å². The number of Topliss-reactive ketones (excluding diaryl/α,β-unsaturated/α-hetero) is 1. The minimum absolute atomic E-state index is 0.0270. The van der Waals surface area contributed by atoms with E-state index < -0.39 is 17.7 Å². The molecule has 5 rings (SSSR count). The van der Waals surface area contributed by atoms with Crippen LogP contribution in [-0.2, 0) is 9.59 Å². The van der Waals surface area contributed by atoms with E-state index >= 15 is 0 Å². The molecule has 3 aromatic rings. The van der Waals surface area contributed by atoms with Gasteiger partial charge in [-0.25, -0.2) is 0 Å². The van der Waals surface area contributed by atoms with E-state index in [4.69, 9.17) is 14.2 Å². The summed E-state index contributed by atoms with van der Waals surface area (Å²) in [5, 5.41) is 11.3. The summed E-state index contributed by atoms with van der Waals surface area (Å²) >= 11 is 0. The van der Waals surface area contributed by atoms with Gasteiger partial charge in [0, 0.05) is 17.3 Å². The lowest BCUT2D eigenvalue weighted by Crippen LogP contribution is -2.29. The van der Waals surface area contributed by atoms with Gasteiger partial charge in [0.05, 0.1) is 18.2 Å². The average molecular weight is 486 g/mol. The van der Waals surface area contributed by atoms with Crippen LogP contribution in [0.3, 0.4) is 0 Å². The molecule has 36 heavy (non-hydrogen) atoms. The molecule has 1 fully saturated rings. The second kappa shape index (κ2) is 9.41. The fraction of sp³-hybridized carbons (Fsp3) is 0.241. The summed E-state index contributed by atoms with van der Waals surface area (Å²) in [6.07, 6.45) is 0. The van der Waals surface area contributed by atoms with Crippen LogP contribution in [0.2, 0.25) is 0 Å². The normalized spacial score (nSPS) is 18.2. The summed E-state index contributed by atoms with van der Waals surface area (Å²) in [5.74, 6) is 0.390. The van der Waals surface area contributed by atoms with Crippen LogP contribution < -0.4 is 19.1 Å². The number of nitrogens with zero attached hydrogens (tertiary/aromatic N) is 1. The van der Waals surface area contributed by atoms with Gasteiger partial charge < -0.3 is 19.3 Å². The first kappa shape index (κ1) is 23.5. The van der Waals surface area contributed by atoms with Gasteiger partial charge in [-0.2, -0.15) is 0 Å². The summed E-state index contributed by atoms with van der Waals surface area (Å²) < 4.78 is 16.6. The van der Waals surface area contributed by atoms with Crippen molar-refractivity contribution in [2.75, 3.05) is 18.3 Å². The van der Waals surface area contributed by atoms with E-state index in [1.54, 1.807) is 42.5 Å². The first-order chi connectivity index (χ1) is 17.3. The van der Waals surface area contributed by atoms with E-state index in [0.29, 0.717) is 46.6 Å². The number of carbonyl (C=O) groups excluding carboxylic acids is 2.